The van der Waals surface area contributed by atoms with Gasteiger partial charge in [0.1, 0.15) is 11.6 Å². The molecule has 1 aromatic heterocycles. The van der Waals surface area contributed by atoms with Gasteiger partial charge in [-0.2, -0.15) is 5.21 Å². The first-order valence-electron chi connectivity index (χ1n) is 11.1. The molecule has 4 aromatic rings. The van der Waals surface area contributed by atoms with Gasteiger partial charge in [-0.3, -0.25) is 4.79 Å². The highest BCUT2D eigenvalue weighted by molar-refractivity contribution is 5.93. The number of carbonyl (C=O) groups is 1. The first-order valence-corrected chi connectivity index (χ1v) is 11.1. The second kappa shape index (κ2) is 10.7. The summed E-state index contributed by atoms with van der Waals surface area (Å²) in [5.74, 6) is 1.02. The topological polar surface area (TPSA) is 84.0 Å². The third-order valence-electron chi connectivity index (χ3n) is 5.24. The summed E-state index contributed by atoms with van der Waals surface area (Å²) >= 11 is 0. The van der Waals surface area contributed by atoms with E-state index in [0.717, 1.165) is 16.7 Å². The van der Waals surface area contributed by atoms with E-state index in [1.165, 1.54) is 12.1 Å². The summed E-state index contributed by atoms with van der Waals surface area (Å²) in [6.45, 7) is 4.61. The minimum Gasteiger partial charge on any atom is -0.485 e. The molecule has 1 heterocycles. The van der Waals surface area contributed by atoms with E-state index in [4.69, 9.17) is 4.74 Å². The average Bonchev–Trinajstić information content (AvgIpc) is 3.35. The van der Waals surface area contributed by atoms with Gasteiger partial charge in [0, 0.05) is 12.1 Å². The largest absolute Gasteiger partial charge is 0.485 e. The van der Waals surface area contributed by atoms with Gasteiger partial charge in [0.05, 0.1) is 6.54 Å². The molecule has 3 aromatic carbocycles. The fraction of sp³-hybridized carbons (Fsp3) is 0.231. The number of amides is 1. The van der Waals surface area contributed by atoms with E-state index in [2.05, 4.69) is 20.6 Å². The molecule has 174 valence electrons. The summed E-state index contributed by atoms with van der Waals surface area (Å²) in [7, 11) is 0. The van der Waals surface area contributed by atoms with E-state index in [9.17, 15) is 9.18 Å². The van der Waals surface area contributed by atoms with Crippen LogP contribution in [0.25, 0.3) is 11.1 Å². The molecule has 0 atom stereocenters. The SMILES string of the molecule is CC(C)CC(=O)N(Cc1ccc(-c2ccc(OCc3nn[nH]n3)cc2)cc1)c1cccc(F)c1. The Morgan fingerprint density at radius 3 is 2.35 bits per heavy atom. The zero-order valence-corrected chi connectivity index (χ0v) is 19.1. The Morgan fingerprint density at radius 2 is 1.74 bits per heavy atom. The minimum atomic E-state index is -0.361. The lowest BCUT2D eigenvalue weighted by molar-refractivity contribution is -0.119. The highest BCUT2D eigenvalue weighted by atomic mass is 19.1. The van der Waals surface area contributed by atoms with Crippen LogP contribution in [-0.2, 0) is 17.9 Å². The fourth-order valence-electron chi connectivity index (χ4n) is 3.55. The van der Waals surface area contributed by atoms with Crippen molar-refractivity contribution >= 4 is 11.6 Å². The first kappa shape index (κ1) is 23.1. The predicted molar refractivity (Wildman–Crippen MR) is 127 cm³/mol. The lowest BCUT2D eigenvalue weighted by Crippen LogP contribution is -2.31. The Morgan fingerprint density at radius 1 is 1.03 bits per heavy atom. The first-order chi connectivity index (χ1) is 16.5. The van der Waals surface area contributed by atoms with Crippen molar-refractivity contribution in [1.82, 2.24) is 20.6 Å². The van der Waals surface area contributed by atoms with Gasteiger partial charge in [0.25, 0.3) is 0 Å². The van der Waals surface area contributed by atoms with Crippen molar-refractivity contribution in [1.29, 1.82) is 0 Å². The van der Waals surface area contributed by atoms with Crippen LogP contribution in [0.4, 0.5) is 10.1 Å². The normalized spacial score (nSPS) is 10.9. The Bertz CT molecular complexity index is 1210. The summed E-state index contributed by atoms with van der Waals surface area (Å²) < 4.78 is 19.5. The number of nitrogens with zero attached hydrogens (tertiary/aromatic N) is 4. The summed E-state index contributed by atoms with van der Waals surface area (Å²) in [6.07, 6.45) is 0.399. The molecule has 0 aliphatic heterocycles. The number of benzene rings is 3. The van der Waals surface area contributed by atoms with Crippen LogP contribution in [0.15, 0.2) is 72.8 Å². The molecule has 1 N–H and O–H groups in total. The van der Waals surface area contributed by atoms with Crippen molar-refractivity contribution < 1.29 is 13.9 Å². The Balaban J connectivity index is 1.45. The number of halogens is 1. The Kier molecular flexibility index (Phi) is 7.27. The molecular weight excluding hydrogens is 433 g/mol. The third kappa shape index (κ3) is 6.04. The number of hydrogen-bond donors (Lipinski definition) is 1. The zero-order valence-electron chi connectivity index (χ0n) is 19.1. The molecular formula is C26H26FN5O2. The van der Waals surface area contributed by atoms with Crippen LogP contribution in [0.1, 0.15) is 31.7 Å². The molecule has 0 saturated heterocycles. The van der Waals surface area contributed by atoms with E-state index < -0.39 is 0 Å². The van der Waals surface area contributed by atoms with Crippen LogP contribution in [0.5, 0.6) is 5.75 Å². The van der Waals surface area contributed by atoms with Gasteiger partial charge >= 0.3 is 0 Å². The number of aromatic amines is 1. The van der Waals surface area contributed by atoms with E-state index in [1.54, 1.807) is 17.0 Å². The molecule has 0 fully saturated rings. The fourth-order valence-corrected chi connectivity index (χ4v) is 3.55. The molecule has 0 aliphatic carbocycles. The highest BCUT2D eigenvalue weighted by Gasteiger charge is 2.18. The van der Waals surface area contributed by atoms with Crippen molar-refractivity contribution in [3.05, 3.63) is 90.0 Å². The number of H-pyrrole nitrogens is 1. The maximum absolute atomic E-state index is 13.8. The molecule has 0 aliphatic rings. The van der Waals surface area contributed by atoms with Gasteiger partial charge in [-0.05, 0) is 52.9 Å². The molecule has 34 heavy (non-hydrogen) atoms. The van der Waals surface area contributed by atoms with Crippen LogP contribution in [0.2, 0.25) is 0 Å². The van der Waals surface area contributed by atoms with E-state index in [1.807, 2.05) is 62.4 Å². The second-order valence-electron chi connectivity index (χ2n) is 8.40. The van der Waals surface area contributed by atoms with Crippen molar-refractivity contribution in [2.24, 2.45) is 5.92 Å². The number of hydrogen-bond acceptors (Lipinski definition) is 5. The second-order valence-corrected chi connectivity index (χ2v) is 8.40. The molecule has 0 unspecified atom stereocenters. The standard InChI is InChI=1S/C26H26FN5O2/c1-18(2)14-26(33)32(23-5-3-4-22(27)15-23)16-19-6-8-20(9-7-19)21-10-12-24(13-11-21)34-17-25-28-30-31-29-25/h3-13,15,18H,14,16-17H2,1-2H3,(H,28,29,30,31). The van der Waals surface area contributed by atoms with Crippen molar-refractivity contribution in [2.45, 2.75) is 33.4 Å². The number of aromatic nitrogens is 4. The minimum absolute atomic E-state index is 0.0268. The van der Waals surface area contributed by atoms with Gasteiger partial charge in [-0.15, -0.1) is 10.2 Å². The Labute approximate surface area is 197 Å². The summed E-state index contributed by atoms with van der Waals surface area (Å²) in [5.41, 5.74) is 3.60. The third-order valence-corrected chi connectivity index (χ3v) is 5.24. The van der Waals surface area contributed by atoms with Crippen LogP contribution in [0.3, 0.4) is 0 Å². The molecule has 1 amide bonds. The molecule has 0 bridgehead atoms. The maximum Gasteiger partial charge on any atom is 0.227 e. The molecule has 8 heteroatoms. The maximum atomic E-state index is 13.8. The van der Waals surface area contributed by atoms with Gasteiger partial charge in [0.2, 0.25) is 11.7 Å². The highest BCUT2D eigenvalue weighted by Crippen LogP contribution is 2.25. The molecule has 4 rings (SSSR count). The van der Waals surface area contributed by atoms with Crippen LogP contribution >= 0.6 is 0 Å². The molecule has 0 spiro atoms. The number of carbonyl (C=O) groups excluding carboxylic acids is 1. The summed E-state index contributed by atoms with van der Waals surface area (Å²) in [4.78, 5) is 14.5. The van der Waals surface area contributed by atoms with E-state index in [0.29, 0.717) is 30.2 Å². The van der Waals surface area contributed by atoms with Crippen LogP contribution in [0, 0.1) is 11.7 Å². The zero-order chi connectivity index (χ0) is 23.9. The van der Waals surface area contributed by atoms with Crippen molar-refractivity contribution in [3.63, 3.8) is 0 Å². The van der Waals surface area contributed by atoms with E-state index in [-0.39, 0.29) is 24.2 Å². The molecule has 0 saturated carbocycles. The van der Waals surface area contributed by atoms with Gasteiger partial charge in [-0.25, -0.2) is 4.39 Å². The van der Waals surface area contributed by atoms with Gasteiger partial charge < -0.3 is 9.64 Å². The van der Waals surface area contributed by atoms with Gasteiger partial charge in [0.15, 0.2) is 6.61 Å². The van der Waals surface area contributed by atoms with Crippen LogP contribution in [-0.4, -0.2) is 26.5 Å². The number of ether oxygens (including phenoxy) is 1. The molecule has 0 radical (unpaired) electrons. The van der Waals surface area contributed by atoms with Crippen molar-refractivity contribution in [2.75, 3.05) is 4.90 Å². The number of nitrogens with one attached hydrogen (secondary N) is 1. The number of anilines is 1. The quantitative estimate of drug-likeness (QED) is 0.374. The van der Waals surface area contributed by atoms with Crippen molar-refractivity contribution in [3.8, 4) is 16.9 Å². The Hall–Kier alpha value is -4.07. The summed E-state index contributed by atoms with van der Waals surface area (Å²) in [6, 6.07) is 21.9. The van der Waals surface area contributed by atoms with Crippen LogP contribution < -0.4 is 9.64 Å². The number of tetrazole rings is 1. The lowest BCUT2D eigenvalue weighted by atomic mass is 10.0. The average molecular weight is 460 g/mol. The lowest BCUT2D eigenvalue weighted by Gasteiger charge is -2.24. The number of rotatable bonds is 9. The smallest absolute Gasteiger partial charge is 0.227 e. The summed E-state index contributed by atoms with van der Waals surface area (Å²) in [5, 5.41) is 13.6. The monoisotopic (exact) mass is 459 g/mol. The predicted octanol–water partition coefficient (Wildman–Crippen LogP) is 5.16. The van der Waals surface area contributed by atoms with E-state index >= 15 is 0 Å². The molecule has 7 nitrogen and oxygen atoms in total. The van der Waals surface area contributed by atoms with Gasteiger partial charge in [-0.1, -0.05) is 61.5 Å².